The molecular weight excluding hydrogens is 360 g/mol. The summed E-state index contributed by atoms with van der Waals surface area (Å²) in [4.78, 5) is 28.8. The van der Waals surface area contributed by atoms with Crippen molar-refractivity contribution in [3.8, 4) is 0 Å². The van der Waals surface area contributed by atoms with Gasteiger partial charge >= 0.3 is 0 Å². The summed E-state index contributed by atoms with van der Waals surface area (Å²) in [5, 5.41) is 5.68. The number of amides is 2. The highest BCUT2D eigenvalue weighted by molar-refractivity contribution is 9.10. The number of carbonyl (C=O) groups is 2. The number of anilines is 1. The normalized spacial score (nSPS) is 19.7. The molecule has 0 spiro atoms. The molecule has 0 radical (unpaired) electrons. The van der Waals surface area contributed by atoms with Gasteiger partial charge in [0.25, 0.3) is 5.91 Å². The summed E-state index contributed by atoms with van der Waals surface area (Å²) in [6.07, 6.45) is 0.728. The van der Waals surface area contributed by atoms with E-state index in [0.29, 0.717) is 37.3 Å². The van der Waals surface area contributed by atoms with Crippen LogP contribution >= 0.6 is 15.9 Å². The van der Waals surface area contributed by atoms with E-state index in [4.69, 9.17) is 0 Å². The van der Waals surface area contributed by atoms with Crippen LogP contribution in [0, 0.1) is 0 Å². The van der Waals surface area contributed by atoms with E-state index in [1.807, 2.05) is 36.2 Å². The van der Waals surface area contributed by atoms with Gasteiger partial charge in [-0.05, 0) is 31.3 Å². The van der Waals surface area contributed by atoms with Gasteiger partial charge in [-0.25, -0.2) is 5.01 Å². The first-order chi connectivity index (χ1) is 11.0. The molecule has 1 saturated heterocycles. The average molecular weight is 379 g/mol. The van der Waals surface area contributed by atoms with E-state index in [9.17, 15) is 9.59 Å². The van der Waals surface area contributed by atoms with Gasteiger partial charge in [-0.1, -0.05) is 15.9 Å². The molecule has 2 amide bonds. The Labute approximate surface area is 143 Å². The zero-order valence-corrected chi connectivity index (χ0v) is 14.6. The highest BCUT2D eigenvalue weighted by atomic mass is 79.9. The van der Waals surface area contributed by atoms with Gasteiger partial charge in [0, 0.05) is 43.5 Å². The number of nitrogens with zero attached hydrogens (tertiary/aromatic N) is 4. The Balaban J connectivity index is 1.79. The van der Waals surface area contributed by atoms with Crippen molar-refractivity contribution in [1.29, 1.82) is 0 Å². The first-order valence-electron chi connectivity index (χ1n) is 7.68. The minimum atomic E-state index is -0.0813. The van der Waals surface area contributed by atoms with Gasteiger partial charge in [0.05, 0.1) is 5.69 Å². The highest BCUT2D eigenvalue weighted by Crippen LogP contribution is 2.23. The topological polar surface area (TPSA) is 56.2 Å². The number of hydrazone groups is 1. The van der Waals surface area contributed by atoms with E-state index in [1.165, 1.54) is 5.01 Å². The highest BCUT2D eigenvalue weighted by Gasteiger charge is 2.29. The van der Waals surface area contributed by atoms with E-state index in [1.54, 1.807) is 0 Å². The lowest BCUT2D eigenvalue weighted by Gasteiger charge is -2.33. The zero-order chi connectivity index (χ0) is 16.4. The van der Waals surface area contributed by atoms with Crippen LogP contribution in [0.4, 0.5) is 5.69 Å². The fraction of sp³-hybridized carbons (Fsp3) is 0.438. The first-order valence-corrected chi connectivity index (χ1v) is 8.48. The Hall–Kier alpha value is -1.73. The second-order valence-electron chi connectivity index (χ2n) is 5.82. The van der Waals surface area contributed by atoms with E-state index < -0.39 is 0 Å². The van der Waals surface area contributed by atoms with Crippen LogP contribution in [0.15, 0.2) is 33.8 Å². The molecule has 0 bridgehead atoms. The molecule has 2 heterocycles. The molecule has 23 heavy (non-hydrogen) atoms. The molecule has 1 fully saturated rings. The van der Waals surface area contributed by atoms with Crippen molar-refractivity contribution < 1.29 is 9.59 Å². The van der Waals surface area contributed by atoms with Crippen molar-refractivity contribution in [3.63, 3.8) is 0 Å². The van der Waals surface area contributed by atoms with Gasteiger partial charge in [-0.15, -0.1) is 0 Å². The van der Waals surface area contributed by atoms with Crippen molar-refractivity contribution in [2.45, 2.75) is 12.8 Å². The van der Waals surface area contributed by atoms with E-state index >= 15 is 0 Å². The van der Waals surface area contributed by atoms with Gasteiger partial charge in [0.2, 0.25) is 5.91 Å². The van der Waals surface area contributed by atoms with Gasteiger partial charge in [0.15, 0.2) is 0 Å². The summed E-state index contributed by atoms with van der Waals surface area (Å²) < 4.78 is 0.934. The Bertz CT molecular complexity index is 636. The number of benzene rings is 1. The van der Waals surface area contributed by atoms with Crippen LogP contribution in [-0.4, -0.2) is 60.6 Å². The van der Waals surface area contributed by atoms with Crippen LogP contribution in [0.1, 0.15) is 12.8 Å². The third kappa shape index (κ3) is 3.61. The maximum atomic E-state index is 12.6. The predicted molar refractivity (Wildman–Crippen MR) is 92.4 cm³/mol. The minimum absolute atomic E-state index is 0.0484. The largest absolute Gasteiger partial charge is 0.335 e. The van der Waals surface area contributed by atoms with Crippen LogP contribution in [0.25, 0.3) is 0 Å². The quantitative estimate of drug-likeness (QED) is 0.786. The van der Waals surface area contributed by atoms with Crippen molar-refractivity contribution in [3.05, 3.63) is 28.7 Å². The molecule has 122 valence electrons. The van der Waals surface area contributed by atoms with Crippen molar-refractivity contribution in [2.24, 2.45) is 5.10 Å². The summed E-state index contributed by atoms with van der Waals surface area (Å²) in [5.74, 6) is -0.130. The number of rotatable bonds is 2. The number of carbonyl (C=O) groups excluding carboxylic acids is 2. The number of piperazine rings is 1. The second-order valence-corrected chi connectivity index (χ2v) is 6.74. The molecular formula is C16H19BrN4O2. The maximum absolute atomic E-state index is 12.6. The number of likely N-dealkylation sites (N-methyl/N-ethyl adjacent to an activating group) is 1. The second kappa shape index (κ2) is 6.80. The van der Waals surface area contributed by atoms with E-state index in [0.717, 1.165) is 17.6 Å². The SMILES string of the molecule is CN1CCN(C(=O)C2=NN(c3ccc(Br)cc3)C(=O)CC2)CC1. The molecule has 0 aliphatic carbocycles. The summed E-state index contributed by atoms with van der Waals surface area (Å²) in [7, 11) is 2.05. The van der Waals surface area contributed by atoms with Crippen molar-refractivity contribution in [1.82, 2.24) is 9.80 Å². The zero-order valence-electron chi connectivity index (χ0n) is 13.0. The molecule has 1 aromatic carbocycles. The van der Waals surface area contributed by atoms with E-state index in [-0.39, 0.29) is 11.8 Å². The molecule has 0 unspecified atom stereocenters. The molecule has 0 aromatic heterocycles. The first kappa shape index (κ1) is 16.1. The smallest absolute Gasteiger partial charge is 0.270 e. The van der Waals surface area contributed by atoms with Gasteiger partial charge in [-0.2, -0.15) is 5.10 Å². The van der Waals surface area contributed by atoms with Crippen LogP contribution in [-0.2, 0) is 9.59 Å². The molecule has 6 nitrogen and oxygen atoms in total. The molecule has 0 N–H and O–H groups in total. The van der Waals surface area contributed by atoms with Crippen LogP contribution in [0.2, 0.25) is 0 Å². The van der Waals surface area contributed by atoms with Crippen LogP contribution < -0.4 is 5.01 Å². The fourth-order valence-electron chi connectivity index (χ4n) is 2.68. The number of halogens is 1. The summed E-state index contributed by atoms with van der Waals surface area (Å²) >= 11 is 3.37. The average Bonchev–Trinajstić information content (AvgIpc) is 2.56. The molecule has 2 aliphatic heterocycles. The van der Waals surface area contributed by atoms with Crippen LogP contribution in [0.3, 0.4) is 0 Å². The molecule has 0 atom stereocenters. The predicted octanol–water partition coefficient (Wildman–Crippen LogP) is 1.71. The lowest BCUT2D eigenvalue weighted by atomic mass is 10.1. The number of hydrogen-bond donors (Lipinski definition) is 0. The van der Waals surface area contributed by atoms with Crippen molar-refractivity contribution >= 4 is 39.1 Å². The molecule has 1 aromatic rings. The maximum Gasteiger partial charge on any atom is 0.270 e. The fourth-order valence-corrected chi connectivity index (χ4v) is 2.95. The van der Waals surface area contributed by atoms with Crippen LogP contribution in [0.5, 0.6) is 0 Å². The Morgan fingerprint density at radius 2 is 1.74 bits per heavy atom. The summed E-state index contributed by atoms with van der Waals surface area (Å²) in [5.41, 5.74) is 1.15. The monoisotopic (exact) mass is 378 g/mol. The van der Waals surface area contributed by atoms with Gasteiger partial charge < -0.3 is 9.80 Å². The summed E-state index contributed by atoms with van der Waals surface area (Å²) in [6, 6.07) is 7.34. The third-order valence-electron chi connectivity index (χ3n) is 4.14. The third-order valence-corrected chi connectivity index (χ3v) is 4.67. The lowest BCUT2D eigenvalue weighted by molar-refractivity contribution is -0.125. The molecule has 3 rings (SSSR count). The summed E-state index contributed by atoms with van der Waals surface area (Å²) in [6.45, 7) is 3.16. The Kier molecular flexibility index (Phi) is 4.77. The Morgan fingerprint density at radius 1 is 1.09 bits per heavy atom. The van der Waals surface area contributed by atoms with Gasteiger partial charge in [-0.3, -0.25) is 9.59 Å². The molecule has 0 saturated carbocycles. The molecule has 7 heteroatoms. The standard InChI is InChI=1S/C16H19BrN4O2/c1-19-8-10-20(11-9-19)16(23)14-6-7-15(22)21(18-14)13-4-2-12(17)3-5-13/h2-5H,6-11H2,1H3. The molecule has 2 aliphatic rings. The number of hydrogen-bond acceptors (Lipinski definition) is 4. The van der Waals surface area contributed by atoms with Crippen molar-refractivity contribution in [2.75, 3.05) is 38.2 Å². The Morgan fingerprint density at radius 3 is 2.39 bits per heavy atom. The lowest BCUT2D eigenvalue weighted by Crippen LogP contribution is -2.50. The minimum Gasteiger partial charge on any atom is -0.335 e. The van der Waals surface area contributed by atoms with E-state index in [2.05, 4.69) is 25.9 Å². The van der Waals surface area contributed by atoms with Gasteiger partial charge in [0.1, 0.15) is 5.71 Å².